The second kappa shape index (κ2) is 15.4. The standard InChI is InChI=1S/C18H30N4.C15H19N/c1-6-7-8-9-10-12-18(4,14-20)17(21-5)22-16(11-13-19)15(2)3;1-10(16)8-15-13-6-2-4-11(13)9-12-5-3-7-14(12)15/h6-12H2,1-5H3,(H,21,22);9H,1-8,16H2. The Bertz CT molecular complexity index is 1080. The number of allylic oxidation sites excluding steroid dienone is 3. The zero-order valence-corrected chi connectivity index (χ0v) is 24.6. The molecule has 0 radical (unpaired) electrons. The Balaban J connectivity index is 0.000000277. The van der Waals surface area contributed by atoms with Gasteiger partial charge in [0.2, 0.25) is 0 Å². The van der Waals surface area contributed by atoms with Gasteiger partial charge in [-0.3, -0.25) is 4.99 Å². The third-order valence-corrected chi connectivity index (χ3v) is 7.90. The molecule has 0 aromatic heterocycles. The molecule has 2 aliphatic rings. The van der Waals surface area contributed by atoms with Crippen LogP contribution in [0.5, 0.6) is 0 Å². The van der Waals surface area contributed by atoms with E-state index in [1.54, 1.807) is 29.3 Å². The van der Waals surface area contributed by atoms with Crippen LogP contribution in [0.3, 0.4) is 0 Å². The molecule has 0 saturated carbocycles. The van der Waals surface area contributed by atoms with E-state index in [1.807, 2.05) is 20.8 Å². The van der Waals surface area contributed by atoms with Crippen LogP contribution in [-0.2, 0) is 32.1 Å². The Morgan fingerprint density at radius 3 is 2.13 bits per heavy atom. The van der Waals surface area contributed by atoms with E-state index in [2.05, 4.69) is 42.0 Å². The molecule has 0 aliphatic heterocycles. The minimum atomic E-state index is -0.628. The summed E-state index contributed by atoms with van der Waals surface area (Å²) in [5.74, 6) is 0.664. The molecule has 3 N–H and O–H groups in total. The van der Waals surface area contributed by atoms with Crippen LogP contribution < -0.4 is 11.1 Å². The van der Waals surface area contributed by atoms with Gasteiger partial charge in [-0.25, -0.2) is 0 Å². The number of hydrogen-bond acceptors (Lipinski definition) is 4. The third-order valence-electron chi connectivity index (χ3n) is 7.90. The molecule has 1 unspecified atom stereocenters. The van der Waals surface area contributed by atoms with E-state index in [0.717, 1.165) is 42.7 Å². The Labute approximate surface area is 231 Å². The quantitative estimate of drug-likeness (QED) is 0.182. The maximum absolute atomic E-state index is 9.62. The summed E-state index contributed by atoms with van der Waals surface area (Å²) in [4.78, 5) is 4.29. The maximum atomic E-state index is 9.62. The zero-order valence-electron chi connectivity index (χ0n) is 24.6. The van der Waals surface area contributed by atoms with Crippen LogP contribution >= 0.6 is 0 Å². The molecule has 38 heavy (non-hydrogen) atoms. The number of amidine groups is 1. The fraction of sp³-hybridized carbons (Fsp3) is 0.606. The molecular formula is C33H49N5. The van der Waals surface area contributed by atoms with Crippen LogP contribution in [-0.4, -0.2) is 12.9 Å². The highest BCUT2D eigenvalue weighted by Crippen LogP contribution is 2.35. The van der Waals surface area contributed by atoms with Gasteiger partial charge in [0.25, 0.3) is 0 Å². The Kier molecular flexibility index (Phi) is 12.6. The summed E-state index contributed by atoms with van der Waals surface area (Å²) >= 11 is 0. The van der Waals surface area contributed by atoms with Crippen molar-refractivity contribution in [3.63, 3.8) is 0 Å². The predicted molar refractivity (Wildman–Crippen MR) is 160 cm³/mol. The number of fused-ring (bicyclic) bond motifs is 2. The Hall–Kier alpha value is -3.05. The lowest BCUT2D eigenvalue weighted by molar-refractivity contribution is 0.486. The molecule has 0 bridgehead atoms. The molecule has 3 rings (SSSR count). The van der Waals surface area contributed by atoms with Gasteiger partial charge >= 0.3 is 0 Å². The van der Waals surface area contributed by atoms with Crippen molar-refractivity contribution in [1.82, 2.24) is 5.32 Å². The summed E-state index contributed by atoms with van der Waals surface area (Å²) in [6.45, 7) is 11.9. The van der Waals surface area contributed by atoms with Crippen LogP contribution in [0.1, 0.15) is 113 Å². The van der Waals surface area contributed by atoms with E-state index in [0.29, 0.717) is 12.3 Å². The molecule has 1 aromatic rings. The van der Waals surface area contributed by atoms with Crippen molar-refractivity contribution in [3.05, 3.63) is 57.4 Å². The van der Waals surface area contributed by atoms with E-state index in [9.17, 15) is 5.26 Å². The van der Waals surface area contributed by atoms with Gasteiger partial charge in [0, 0.05) is 24.9 Å². The van der Waals surface area contributed by atoms with Gasteiger partial charge in [-0.15, -0.1) is 0 Å². The molecular weight excluding hydrogens is 466 g/mol. The number of benzene rings is 1. The van der Waals surface area contributed by atoms with Gasteiger partial charge in [-0.2, -0.15) is 10.5 Å². The molecule has 0 heterocycles. The molecule has 5 nitrogen and oxygen atoms in total. The highest BCUT2D eigenvalue weighted by atomic mass is 15.0. The average molecular weight is 516 g/mol. The largest absolute Gasteiger partial charge is 0.402 e. The number of nitrogens with zero attached hydrogens (tertiary/aromatic N) is 3. The molecule has 0 spiro atoms. The summed E-state index contributed by atoms with van der Waals surface area (Å²) < 4.78 is 0. The first-order valence-corrected chi connectivity index (χ1v) is 14.5. The number of aliphatic imine (C=N–C) groups is 1. The normalized spacial score (nSPS) is 15.2. The van der Waals surface area contributed by atoms with Gasteiger partial charge in [0.15, 0.2) is 0 Å². The molecule has 5 heteroatoms. The van der Waals surface area contributed by atoms with E-state index < -0.39 is 5.41 Å². The van der Waals surface area contributed by atoms with E-state index in [-0.39, 0.29) is 0 Å². The number of rotatable bonds is 11. The summed E-state index contributed by atoms with van der Waals surface area (Å²) in [6.07, 6.45) is 15.5. The van der Waals surface area contributed by atoms with Crippen molar-refractivity contribution in [1.29, 1.82) is 10.5 Å². The number of unbranched alkanes of at least 4 members (excludes halogenated alkanes) is 4. The van der Waals surface area contributed by atoms with Crippen molar-refractivity contribution in [2.75, 3.05) is 7.05 Å². The monoisotopic (exact) mass is 515 g/mol. The van der Waals surface area contributed by atoms with E-state index in [1.165, 1.54) is 63.4 Å². The van der Waals surface area contributed by atoms with Crippen LogP contribution in [0.15, 0.2) is 34.6 Å². The number of nitrogens with one attached hydrogen (secondary N) is 1. The molecule has 2 aliphatic carbocycles. The van der Waals surface area contributed by atoms with Gasteiger partial charge in [0.1, 0.15) is 11.3 Å². The lowest BCUT2D eigenvalue weighted by Gasteiger charge is -2.26. The van der Waals surface area contributed by atoms with Crippen molar-refractivity contribution < 1.29 is 0 Å². The number of nitrogens with two attached hydrogens (primary N) is 1. The first kappa shape index (κ1) is 31.2. The second-order valence-corrected chi connectivity index (χ2v) is 11.3. The minimum Gasteiger partial charge on any atom is -0.402 e. The molecule has 0 fully saturated rings. The van der Waals surface area contributed by atoms with Gasteiger partial charge in [-0.1, -0.05) is 57.2 Å². The highest BCUT2D eigenvalue weighted by Gasteiger charge is 2.30. The topological polar surface area (TPSA) is 98.0 Å². The zero-order chi connectivity index (χ0) is 28.1. The molecule has 0 saturated heterocycles. The number of aryl methyl sites for hydroxylation is 2. The average Bonchev–Trinajstić information content (AvgIpc) is 3.56. The summed E-state index contributed by atoms with van der Waals surface area (Å²) in [5, 5.41) is 21.8. The summed E-state index contributed by atoms with van der Waals surface area (Å²) in [7, 11) is 1.70. The van der Waals surface area contributed by atoms with Crippen LogP contribution in [0.2, 0.25) is 0 Å². The SMILES string of the molecule is C=C(N)Cc1c2c(cc3c1CCC3)CCC2.CCCCCCCC(C)(C#N)C(=NC)NC(CC#N)=C(C)C. The van der Waals surface area contributed by atoms with Gasteiger partial charge in [0.05, 0.1) is 18.6 Å². The maximum Gasteiger partial charge on any atom is 0.120 e. The first-order valence-electron chi connectivity index (χ1n) is 14.5. The molecule has 1 atom stereocenters. The molecule has 0 amide bonds. The van der Waals surface area contributed by atoms with Crippen molar-refractivity contribution >= 4 is 5.84 Å². The Morgan fingerprint density at radius 1 is 1.05 bits per heavy atom. The van der Waals surface area contributed by atoms with Gasteiger partial charge < -0.3 is 11.1 Å². The Morgan fingerprint density at radius 2 is 1.66 bits per heavy atom. The molecule has 1 aromatic carbocycles. The predicted octanol–water partition coefficient (Wildman–Crippen LogP) is 7.38. The lowest BCUT2D eigenvalue weighted by Crippen LogP contribution is -2.38. The third kappa shape index (κ3) is 8.49. The van der Waals surface area contributed by atoms with Crippen LogP contribution in [0, 0.1) is 28.1 Å². The fourth-order valence-corrected chi connectivity index (χ4v) is 5.69. The van der Waals surface area contributed by atoms with Crippen LogP contribution in [0.25, 0.3) is 0 Å². The highest BCUT2D eigenvalue weighted by molar-refractivity contribution is 5.91. The van der Waals surface area contributed by atoms with Crippen molar-refractivity contribution in [2.45, 2.75) is 118 Å². The van der Waals surface area contributed by atoms with Crippen LogP contribution in [0.4, 0.5) is 0 Å². The van der Waals surface area contributed by atoms with Gasteiger partial charge in [-0.05, 0) is 93.5 Å². The van der Waals surface area contributed by atoms with E-state index >= 15 is 0 Å². The van der Waals surface area contributed by atoms with Crippen molar-refractivity contribution in [2.24, 2.45) is 16.1 Å². The summed E-state index contributed by atoms with van der Waals surface area (Å²) in [6, 6.07) is 7.03. The number of hydrogen-bond donors (Lipinski definition) is 2. The first-order chi connectivity index (χ1) is 18.2. The smallest absolute Gasteiger partial charge is 0.120 e. The second-order valence-electron chi connectivity index (χ2n) is 11.3. The summed E-state index contributed by atoms with van der Waals surface area (Å²) in [5.41, 5.74) is 15.8. The minimum absolute atomic E-state index is 0.305. The van der Waals surface area contributed by atoms with Crippen molar-refractivity contribution in [3.8, 4) is 12.1 Å². The molecule has 206 valence electrons. The number of nitriles is 2. The van der Waals surface area contributed by atoms with E-state index in [4.69, 9.17) is 11.0 Å². The lowest BCUT2D eigenvalue weighted by atomic mass is 9.84. The fourth-order valence-electron chi connectivity index (χ4n) is 5.69.